The summed E-state index contributed by atoms with van der Waals surface area (Å²) in [6.07, 6.45) is 14.7. The molecular weight excluding hydrogens is 296 g/mol. The quantitative estimate of drug-likeness (QED) is 0.672. The van der Waals surface area contributed by atoms with Crippen molar-refractivity contribution in [3.8, 4) is 0 Å². The number of allylic oxidation sites excluding steroid dienone is 1. The summed E-state index contributed by atoms with van der Waals surface area (Å²) in [7, 11) is 1.88. The van der Waals surface area contributed by atoms with Crippen LogP contribution in [0.1, 0.15) is 71.6 Å². The summed E-state index contributed by atoms with van der Waals surface area (Å²) in [5.41, 5.74) is 3.19. The van der Waals surface area contributed by atoms with E-state index in [2.05, 4.69) is 13.0 Å². The zero-order valence-corrected chi connectivity index (χ0v) is 15.6. The van der Waals surface area contributed by atoms with Gasteiger partial charge in [0.2, 0.25) is 0 Å². The first-order valence-electron chi connectivity index (χ1n) is 10.2. The van der Waals surface area contributed by atoms with Crippen LogP contribution in [0.25, 0.3) is 0 Å². The fourth-order valence-electron chi connectivity index (χ4n) is 8.34. The van der Waals surface area contributed by atoms with E-state index in [1.54, 1.807) is 5.57 Å². The number of rotatable bonds is 2. The Bertz CT molecular complexity index is 621. The van der Waals surface area contributed by atoms with Crippen molar-refractivity contribution in [2.75, 3.05) is 7.11 Å². The number of methoxy groups -OCH3 is 1. The van der Waals surface area contributed by atoms with Crippen molar-refractivity contribution >= 4 is 5.78 Å². The van der Waals surface area contributed by atoms with Crippen LogP contribution in [0.15, 0.2) is 11.6 Å². The lowest BCUT2D eigenvalue weighted by atomic mass is 9.51. The molecule has 2 heteroatoms. The van der Waals surface area contributed by atoms with Crippen molar-refractivity contribution in [2.45, 2.75) is 77.7 Å². The smallest absolute Gasteiger partial charge is 0.133 e. The summed E-state index contributed by atoms with van der Waals surface area (Å²) >= 11 is 0. The molecule has 0 aromatic rings. The van der Waals surface area contributed by atoms with Crippen LogP contribution in [0.5, 0.6) is 0 Å². The molecule has 5 aliphatic carbocycles. The van der Waals surface area contributed by atoms with Crippen molar-refractivity contribution in [3.63, 3.8) is 0 Å². The lowest BCUT2D eigenvalue weighted by Crippen LogP contribution is -2.47. The van der Waals surface area contributed by atoms with Crippen LogP contribution < -0.4 is 0 Å². The number of fused-ring (bicyclic) bond motifs is 2. The van der Waals surface area contributed by atoms with Crippen molar-refractivity contribution < 1.29 is 9.53 Å². The van der Waals surface area contributed by atoms with E-state index in [9.17, 15) is 4.79 Å². The first kappa shape index (κ1) is 15.6. The molecule has 5 aliphatic rings. The predicted molar refractivity (Wildman–Crippen MR) is 94.6 cm³/mol. The zero-order valence-electron chi connectivity index (χ0n) is 15.6. The molecule has 4 saturated carbocycles. The van der Waals surface area contributed by atoms with Crippen LogP contribution in [-0.4, -0.2) is 19.0 Å². The second-order valence-corrected chi connectivity index (χ2v) is 9.94. The Morgan fingerprint density at radius 2 is 2.00 bits per heavy atom. The van der Waals surface area contributed by atoms with Crippen LogP contribution in [0, 0.1) is 34.0 Å². The topological polar surface area (TPSA) is 26.3 Å². The van der Waals surface area contributed by atoms with Gasteiger partial charge in [-0.3, -0.25) is 4.79 Å². The maximum absolute atomic E-state index is 12.2. The number of ketones is 1. The summed E-state index contributed by atoms with van der Waals surface area (Å²) in [6, 6.07) is 0. The Morgan fingerprint density at radius 1 is 1.17 bits per heavy atom. The van der Waals surface area contributed by atoms with Gasteiger partial charge in [-0.25, -0.2) is 0 Å². The van der Waals surface area contributed by atoms with Gasteiger partial charge in [0.15, 0.2) is 0 Å². The number of carbonyl (C=O) groups is 1. The molecule has 0 saturated heterocycles. The van der Waals surface area contributed by atoms with Crippen LogP contribution in [0.2, 0.25) is 0 Å². The number of ether oxygens (including phenoxy) is 1. The third-order valence-corrected chi connectivity index (χ3v) is 9.56. The Morgan fingerprint density at radius 3 is 2.75 bits per heavy atom. The van der Waals surface area contributed by atoms with Gasteiger partial charge in [-0.1, -0.05) is 18.6 Å². The fourth-order valence-corrected chi connectivity index (χ4v) is 8.34. The van der Waals surface area contributed by atoms with E-state index in [1.165, 1.54) is 51.4 Å². The van der Waals surface area contributed by atoms with Gasteiger partial charge in [-0.05, 0) is 92.8 Å². The second kappa shape index (κ2) is 4.75. The summed E-state index contributed by atoms with van der Waals surface area (Å²) in [6.45, 7) is 4.30. The molecule has 24 heavy (non-hydrogen) atoms. The van der Waals surface area contributed by atoms with Crippen molar-refractivity contribution in [3.05, 3.63) is 11.6 Å². The van der Waals surface area contributed by atoms with Crippen molar-refractivity contribution in [1.82, 2.24) is 0 Å². The first-order valence-corrected chi connectivity index (χ1v) is 10.2. The molecule has 0 N–H and O–H groups in total. The number of hydrogen-bond acceptors (Lipinski definition) is 2. The molecule has 0 heterocycles. The van der Waals surface area contributed by atoms with Crippen molar-refractivity contribution in [2.24, 2.45) is 34.0 Å². The van der Waals surface area contributed by atoms with Gasteiger partial charge in [-0.2, -0.15) is 0 Å². The normalized spacial score (nSPS) is 54.9. The first-order chi connectivity index (χ1) is 11.5. The monoisotopic (exact) mass is 328 g/mol. The van der Waals surface area contributed by atoms with Gasteiger partial charge in [0.25, 0.3) is 0 Å². The Balaban J connectivity index is 1.49. The minimum absolute atomic E-state index is 0.292. The molecule has 0 aliphatic heterocycles. The lowest BCUT2D eigenvalue weighted by molar-refractivity contribution is -0.127. The minimum atomic E-state index is 0.292. The minimum Gasteiger partial charge on any atom is -0.381 e. The second-order valence-electron chi connectivity index (χ2n) is 9.94. The largest absolute Gasteiger partial charge is 0.381 e. The molecular formula is C22H32O2. The average molecular weight is 328 g/mol. The Hall–Kier alpha value is -0.630. The van der Waals surface area contributed by atoms with Gasteiger partial charge in [0.1, 0.15) is 5.78 Å². The number of Topliss-reactive ketones (excluding diaryl/α,β-unsaturated/α-hetero) is 1. The molecule has 5 rings (SSSR count). The van der Waals surface area contributed by atoms with Crippen LogP contribution in [0.4, 0.5) is 0 Å². The molecule has 0 aromatic carbocycles. The highest BCUT2D eigenvalue weighted by atomic mass is 16.5. The molecule has 2 nitrogen and oxygen atoms in total. The van der Waals surface area contributed by atoms with Gasteiger partial charge < -0.3 is 4.74 Å². The third kappa shape index (κ3) is 1.65. The van der Waals surface area contributed by atoms with E-state index in [-0.39, 0.29) is 0 Å². The standard InChI is InChI=1S/C22H32O2/c1-14(23)17-6-7-18-19-5-4-15-12-16(24-3)8-9-21(15)13-22(19,21)11-10-20(17,18)2/h4,16-19H,5-13H2,1-3H3. The van der Waals surface area contributed by atoms with Gasteiger partial charge in [0, 0.05) is 13.0 Å². The maximum Gasteiger partial charge on any atom is 0.133 e. The lowest BCUT2D eigenvalue weighted by Gasteiger charge is -2.53. The molecule has 7 atom stereocenters. The van der Waals surface area contributed by atoms with E-state index < -0.39 is 0 Å². The van der Waals surface area contributed by atoms with Crippen LogP contribution >= 0.6 is 0 Å². The average Bonchev–Trinajstić information content (AvgIpc) is 3.09. The Labute approximate surface area is 146 Å². The molecule has 4 fully saturated rings. The highest BCUT2D eigenvalue weighted by Crippen LogP contribution is 2.84. The molecule has 0 bridgehead atoms. The summed E-state index contributed by atoms with van der Waals surface area (Å²) in [4.78, 5) is 12.2. The van der Waals surface area contributed by atoms with E-state index in [0.717, 1.165) is 18.3 Å². The maximum atomic E-state index is 12.2. The highest BCUT2D eigenvalue weighted by Gasteiger charge is 2.76. The number of hydrogen-bond donors (Lipinski definition) is 0. The van der Waals surface area contributed by atoms with E-state index in [1.807, 2.05) is 14.0 Å². The van der Waals surface area contributed by atoms with E-state index in [0.29, 0.717) is 34.1 Å². The summed E-state index contributed by atoms with van der Waals surface area (Å²) in [5, 5.41) is 0. The number of carbonyl (C=O) groups excluding carboxylic acids is 1. The van der Waals surface area contributed by atoms with E-state index in [4.69, 9.17) is 4.74 Å². The predicted octanol–water partition coefficient (Wildman–Crippen LogP) is 4.92. The Kier molecular flexibility index (Phi) is 3.09. The van der Waals surface area contributed by atoms with E-state index >= 15 is 0 Å². The van der Waals surface area contributed by atoms with Gasteiger partial charge in [0.05, 0.1) is 6.10 Å². The van der Waals surface area contributed by atoms with Crippen LogP contribution in [0.3, 0.4) is 0 Å². The SMILES string of the molecule is COC1CCC23CC24CCC2(C)C(C(C)=O)CCC2C4CC=C3C1. The van der Waals surface area contributed by atoms with Gasteiger partial charge in [-0.15, -0.1) is 0 Å². The molecule has 132 valence electrons. The molecule has 0 amide bonds. The molecule has 2 spiro atoms. The molecule has 7 unspecified atom stereocenters. The third-order valence-electron chi connectivity index (χ3n) is 9.56. The van der Waals surface area contributed by atoms with Crippen molar-refractivity contribution in [1.29, 1.82) is 0 Å². The van der Waals surface area contributed by atoms with Crippen LogP contribution in [-0.2, 0) is 9.53 Å². The summed E-state index contributed by atoms with van der Waals surface area (Å²) < 4.78 is 5.68. The summed E-state index contributed by atoms with van der Waals surface area (Å²) in [5.74, 6) is 2.43. The molecule has 0 radical (unpaired) electrons. The molecule has 0 aromatic heterocycles. The highest BCUT2D eigenvalue weighted by molar-refractivity contribution is 5.79. The van der Waals surface area contributed by atoms with Gasteiger partial charge >= 0.3 is 0 Å². The fraction of sp³-hybridized carbons (Fsp3) is 0.864. The zero-order chi connectivity index (χ0) is 16.7.